The van der Waals surface area contributed by atoms with Crippen LogP contribution in [0.25, 0.3) is 0 Å². The number of hydrogen-bond donors (Lipinski definition) is 1. The van der Waals surface area contributed by atoms with Crippen LogP contribution in [0, 0.1) is 11.3 Å². The largest absolute Gasteiger partial charge is 0.539 e. The quantitative estimate of drug-likeness (QED) is 0.566. The number of ether oxygens (including phenoxy) is 2. The third-order valence-corrected chi connectivity index (χ3v) is 3.18. The summed E-state index contributed by atoms with van der Waals surface area (Å²) in [6.45, 7) is 3.27. The van der Waals surface area contributed by atoms with Gasteiger partial charge in [0.05, 0.1) is 17.5 Å². The molecule has 1 aliphatic rings. The standard InChI is InChI=1S/C13H14N4O5/c1-4-20-12(18)8-6(2)21-11(15)7(5-14)9(8)10-13(19)22-16-17(10)3/h9H,4,15H2,1-3H3. The number of nitrogens with two attached hydrogens (primary N) is 1. The normalized spacial score (nSPS) is 18.0. The predicted molar refractivity (Wildman–Crippen MR) is 67.1 cm³/mol. The zero-order chi connectivity index (χ0) is 16.4. The zero-order valence-corrected chi connectivity index (χ0v) is 12.2. The number of nitriles is 1. The van der Waals surface area contributed by atoms with E-state index in [1.165, 1.54) is 14.0 Å². The van der Waals surface area contributed by atoms with Crippen molar-refractivity contribution in [3.05, 3.63) is 28.5 Å². The summed E-state index contributed by atoms with van der Waals surface area (Å²) < 4.78 is 15.9. The van der Waals surface area contributed by atoms with Gasteiger partial charge >= 0.3 is 5.97 Å². The molecule has 2 heterocycles. The Hall–Kier alpha value is -3.02. The van der Waals surface area contributed by atoms with Crippen LogP contribution in [0.1, 0.15) is 25.5 Å². The van der Waals surface area contributed by atoms with Gasteiger partial charge in [0.15, 0.2) is 13.0 Å². The Balaban J connectivity index is 2.68. The molecule has 9 nitrogen and oxygen atoms in total. The number of allylic oxidation sites excluding steroid dienone is 2. The summed E-state index contributed by atoms with van der Waals surface area (Å²) in [5, 5.41) is 24.7. The second-order valence-electron chi connectivity index (χ2n) is 4.48. The van der Waals surface area contributed by atoms with Crippen molar-refractivity contribution in [1.29, 1.82) is 5.26 Å². The SMILES string of the molecule is CCOC(=O)C1=C(C)OC(N)=C(C#N)C1c1c([O-])on[n+]1C. The molecule has 2 N–H and O–H groups in total. The molecule has 0 radical (unpaired) electrons. The number of carbonyl (C=O) groups is 1. The summed E-state index contributed by atoms with van der Waals surface area (Å²) in [5.74, 6) is -2.56. The number of hydrogen-bond acceptors (Lipinski definition) is 8. The summed E-state index contributed by atoms with van der Waals surface area (Å²) in [6, 6.07) is 1.86. The first-order chi connectivity index (χ1) is 10.4. The van der Waals surface area contributed by atoms with Crippen LogP contribution in [0.4, 0.5) is 0 Å². The van der Waals surface area contributed by atoms with Crippen LogP contribution in [-0.2, 0) is 21.3 Å². The summed E-state index contributed by atoms with van der Waals surface area (Å²) >= 11 is 0. The average molecular weight is 306 g/mol. The fourth-order valence-corrected chi connectivity index (χ4v) is 2.25. The van der Waals surface area contributed by atoms with Crippen LogP contribution in [0.2, 0.25) is 0 Å². The molecule has 0 amide bonds. The molecule has 0 bridgehead atoms. The van der Waals surface area contributed by atoms with Gasteiger partial charge in [0.25, 0.3) is 0 Å². The zero-order valence-electron chi connectivity index (χ0n) is 12.2. The Labute approximate surface area is 125 Å². The number of nitrogens with zero attached hydrogens (tertiary/aromatic N) is 3. The maximum atomic E-state index is 12.2. The van der Waals surface area contributed by atoms with Gasteiger partial charge in [-0.15, -0.1) is 0 Å². The van der Waals surface area contributed by atoms with Gasteiger partial charge in [0.2, 0.25) is 11.6 Å². The van der Waals surface area contributed by atoms with Gasteiger partial charge in [-0.25, -0.2) is 4.79 Å². The Morgan fingerprint density at radius 3 is 2.82 bits per heavy atom. The highest BCUT2D eigenvalue weighted by molar-refractivity contribution is 5.92. The van der Waals surface area contributed by atoms with E-state index in [9.17, 15) is 15.2 Å². The molecule has 0 aliphatic carbocycles. The van der Waals surface area contributed by atoms with Crippen LogP contribution in [0.15, 0.2) is 27.3 Å². The van der Waals surface area contributed by atoms with Gasteiger partial charge in [-0.05, 0) is 13.8 Å². The van der Waals surface area contributed by atoms with Gasteiger partial charge in [-0.2, -0.15) is 5.26 Å². The van der Waals surface area contributed by atoms with Gasteiger partial charge in [-0.3, -0.25) is 0 Å². The van der Waals surface area contributed by atoms with Gasteiger partial charge < -0.3 is 24.8 Å². The first kappa shape index (κ1) is 15.4. The minimum absolute atomic E-state index is 0.00907. The molecule has 0 aromatic carbocycles. The van der Waals surface area contributed by atoms with E-state index in [1.54, 1.807) is 6.92 Å². The van der Waals surface area contributed by atoms with Gasteiger partial charge in [0.1, 0.15) is 23.3 Å². The monoisotopic (exact) mass is 306 g/mol. The van der Waals surface area contributed by atoms with Crippen molar-refractivity contribution in [3.8, 4) is 12.0 Å². The molecule has 1 aromatic heterocycles. The minimum Gasteiger partial charge on any atom is -0.539 e. The number of aryl methyl sites for hydroxylation is 1. The van der Waals surface area contributed by atoms with Crippen molar-refractivity contribution in [2.75, 3.05) is 6.61 Å². The molecule has 0 fully saturated rings. The molecule has 22 heavy (non-hydrogen) atoms. The molecule has 0 saturated heterocycles. The highest BCUT2D eigenvalue weighted by Crippen LogP contribution is 2.40. The van der Waals surface area contributed by atoms with Crippen molar-refractivity contribution in [3.63, 3.8) is 0 Å². The Bertz CT molecular complexity index is 706. The van der Waals surface area contributed by atoms with E-state index >= 15 is 0 Å². The lowest BCUT2D eigenvalue weighted by atomic mass is 9.86. The topological polar surface area (TPSA) is 138 Å². The molecule has 1 aromatic rings. The molecule has 1 atom stereocenters. The third-order valence-electron chi connectivity index (χ3n) is 3.18. The van der Waals surface area contributed by atoms with E-state index in [-0.39, 0.29) is 35.1 Å². The van der Waals surface area contributed by atoms with E-state index in [2.05, 4.69) is 9.79 Å². The molecule has 0 spiro atoms. The lowest BCUT2D eigenvalue weighted by molar-refractivity contribution is -0.746. The number of carbonyl (C=O) groups excluding carboxylic acids is 1. The maximum Gasteiger partial charge on any atom is 0.338 e. The number of aromatic nitrogens is 2. The molecular formula is C13H14N4O5. The summed E-state index contributed by atoms with van der Waals surface area (Å²) in [5.41, 5.74) is 5.63. The van der Waals surface area contributed by atoms with Crippen LogP contribution in [0.5, 0.6) is 5.95 Å². The Kier molecular flexibility index (Phi) is 4.03. The Morgan fingerprint density at radius 1 is 1.64 bits per heavy atom. The maximum absolute atomic E-state index is 12.2. The van der Waals surface area contributed by atoms with Crippen LogP contribution in [-0.4, -0.2) is 17.8 Å². The number of esters is 1. The fourth-order valence-electron chi connectivity index (χ4n) is 2.25. The second-order valence-corrected chi connectivity index (χ2v) is 4.48. The smallest absolute Gasteiger partial charge is 0.338 e. The van der Waals surface area contributed by atoms with E-state index in [0.717, 1.165) is 4.68 Å². The summed E-state index contributed by atoms with van der Waals surface area (Å²) in [7, 11) is 1.46. The Morgan fingerprint density at radius 2 is 2.32 bits per heavy atom. The summed E-state index contributed by atoms with van der Waals surface area (Å²) in [6.07, 6.45) is 0. The minimum atomic E-state index is -1.05. The first-order valence-electron chi connectivity index (χ1n) is 6.40. The average Bonchev–Trinajstić information content (AvgIpc) is 2.77. The van der Waals surface area contributed by atoms with Gasteiger partial charge in [0, 0.05) is 0 Å². The van der Waals surface area contributed by atoms with Crippen molar-refractivity contribution in [2.24, 2.45) is 12.8 Å². The van der Waals surface area contributed by atoms with Crippen LogP contribution in [0.3, 0.4) is 0 Å². The van der Waals surface area contributed by atoms with Crippen molar-refractivity contribution in [1.82, 2.24) is 5.27 Å². The highest BCUT2D eigenvalue weighted by Gasteiger charge is 2.42. The molecular weight excluding hydrogens is 292 g/mol. The van der Waals surface area contributed by atoms with Crippen LogP contribution >= 0.6 is 0 Å². The molecule has 1 aliphatic heterocycles. The summed E-state index contributed by atoms with van der Waals surface area (Å²) in [4.78, 5) is 12.2. The van der Waals surface area contributed by atoms with Gasteiger partial charge in [-0.1, -0.05) is 4.68 Å². The first-order valence-corrected chi connectivity index (χ1v) is 6.40. The molecule has 9 heteroatoms. The van der Waals surface area contributed by atoms with Crippen molar-refractivity contribution >= 4 is 5.97 Å². The van der Waals surface area contributed by atoms with E-state index in [0.29, 0.717) is 0 Å². The fraction of sp³-hybridized carbons (Fsp3) is 0.385. The van der Waals surface area contributed by atoms with Crippen molar-refractivity contribution in [2.45, 2.75) is 19.8 Å². The molecule has 1 unspecified atom stereocenters. The van der Waals surface area contributed by atoms with E-state index in [1.807, 2.05) is 6.07 Å². The third kappa shape index (κ3) is 2.35. The molecule has 0 saturated carbocycles. The highest BCUT2D eigenvalue weighted by atomic mass is 16.6. The predicted octanol–water partition coefficient (Wildman–Crippen LogP) is -0.783. The second kappa shape index (κ2) is 5.77. The molecule has 116 valence electrons. The lowest BCUT2D eigenvalue weighted by Crippen LogP contribution is -2.39. The van der Waals surface area contributed by atoms with E-state index in [4.69, 9.17) is 15.2 Å². The van der Waals surface area contributed by atoms with Crippen LogP contribution < -0.4 is 15.5 Å². The van der Waals surface area contributed by atoms with Crippen molar-refractivity contribution < 1.29 is 28.6 Å². The van der Waals surface area contributed by atoms with E-state index < -0.39 is 17.8 Å². The lowest BCUT2D eigenvalue weighted by Gasteiger charge is -2.24. The number of rotatable bonds is 3. The molecule has 2 rings (SSSR count).